The molecule has 5 nitrogen and oxygen atoms in total. The van der Waals surface area contributed by atoms with Crippen LogP contribution in [0.3, 0.4) is 0 Å². The highest BCUT2D eigenvalue weighted by atomic mass is 79.9. The van der Waals surface area contributed by atoms with Crippen molar-refractivity contribution in [2.75, 3.05) is 32.5 Å². The van der Waals surface area contributed by atoms with Gasteiger partial charge in [-0.2, -0.15) is 4.31 Å². The average molecular weight is 416 g/mol. The molecule has 0 fully saturated rings. The summed E-state index contributed by atoms with van der Waals surface area (Å²) in [6.45, 7) is 2.80. The summed E-state index contributed by atoms with van der Waals surface area (Å²) in [5.74, 6) is 0. The van der Waals surface area contributed by atoms with Crippen LogP contribution in [-0.4, -0.2) is 39.5 Å². The Bertz CT molecular complexity index is 526. The smallest absolute Gasteiger partial charge is 0.245 e. The lowest BCUT2D eigenvalue weighted by atomic mass is 10.3. The molecule has 1 aromatic carbocycles. The van der Waals surface area contributed by atoms with Gasteiger partial charge < -0.3 is 10.5 Å². The van der Waals surface area contributed by atoms with Crippen molar-refractivity contribution in [1.82, 2.24) is 4.31 Å². The maximum atomic E-state index is 12.6. The summed E-state index contributed by atoms with van der Waals surface area (Å²) in [6.07, 6.45) is 0. The Morgan fingerprint density at radius 2 is 1.84 bits per heavy atom. The molecule has 0 bridgehead atoms. The van der Waals surface area contributed by atoms with E-state index in [1.807, 2.05) is 0 Å². The Hall–Kier alpha value is -0.150. The molecule has 0 aromatic heterocycles. The Kier molecular flexibility index (Phi) is 6.25. The third-order valence-corrected chi connectivity index (χ3v) is 6.37. The van der Waals surface area contributed by atoms with Crippen molar-refractivity contribution in [3.63, 3.8) is 0 Å². The van der Waals surface area contributed by atoms with E-state index in [-0.39, 0.29) is 4.90 Å². The fourth-order valence-corrected chi connectivity index (χ4v) is 5.57. The highest BCUT2D eigenvalue weighted by Gasteiger charge is 2.27. The van der Waals surface area contributed by atoms with Gasteiger partial charge in [0.25, 0.3) is 0 Å². The van der Waals surface area contributed by atoms with Crippen molar-refractivity contribution in [3.8, 4) is 0 Å². The molecule has 0 unspecified atom stereocenters. The number of methoxy groups -OCH3 is 1. The molecule has 2 N–H and O–H groups in total. The summed E-state index contributed by atoms with van der Waals surface area (Å²) in [7, 11) is -2.06. The lowest BCUT2D eigenvalue weighted by Gasteiger charge is -2.21. The first-order chi connectivity index (χ1) is 8.84. The number of nitrogen functional groups attached to an aromatic ring is 1. The van der Waals surface area contributed by atoms with Gasteiger partial charge in [-0.25, -0.2) is 8.42 Å². The zero-order valence-corrected chi connectivity index (χ0v) is 14.7. The van der Waals surface area contributed by atoms with Crippen molar-refractivity contribution < 1.29 is 13.2 Å². The van der Waals surface area contributed by atoms with E-state index < -0.39 is 10.0 Å². The van der Waals surface area contributed by atoms with Gasteiger partial charge in [0.15, 0.2) is 0 Å². The molecule has 0 heterocycles. The number of rotatable bonds is 6. The topological polar surface area (TPSA) is 72.6 Å². The minimum Gasteiger partial charge on any atom is -0.399 e. The number of halogens is 2. The average Bonchev–Trinajstić information content (AvgIpc) is 2.27. The van der Waals surface area contributed by atoms with Crippen LogP contribution >= 0.6 is 31.9 Å². The molecule has 0 spiro atoms. The molecular weight excluding hydrogens is 400 g/mol. The van der Waals surface area contributed by atoms with E-state index in [0.717, 1.165) is 0 Å². The van der Waals surface area contributed by atoms with E-state index in [9.17, 15) is 8.42 Å². The summed E-state index contributed by atoms with van der Waals surface area (Å²) in [6, 6.07) is 3.14. The van der Waals surface area contributed by atoms with Gasteiger partial charge in [-0.15, -0.1) is 0 Å². The molecule has 8 heteroatoms. The van der Waals surface area contributed by atoms with Crippen LogP contribution in [-0.2, 0) is 14.8 Å². The van der Waals surface area contributed by atoms with Crippen LogP contribution in [0.1, 0.15) is 6.92 Å². The first kappa shape index (κ1) is 16.9. The van der Waals surface area contributed by atoms with Crippen molar-refractivity contribution in [2.24, 2.45) is 0 Å². The third kappa shape index (κ3) is 3.91. The predicted octanol–water partition coefficient (Wildman–Crippen LogP) is 2.45. The van der Waals surface area contributed by atoms with Crippen LogP contribution < -0.4 is 5.73 Å². The number of anilines is 1. The van der Waals surface area contributed by atoms with Gasteiger partial charge in [0, 0.05) is 34.8 Å². The van der Waals surface area contributed by atoms with Crippen molar-refractivity contribution in [1.29, 1.82) is 0 Å². The van der Waals surface area contributed by atoms with Crippen molar-refractivity contribution in [2.45, 2.75) is 11.8 Å². The number of sulfonamides is 1. The van der Waals surface area contributed by atoms with Crippen LogP contribution in [0, 0.1) is 0 Å². The summed E-state index contributed by atoms with van der Waals surface area (Å²) in [5.41, 5.74) is 6.16. The van der Waals surface area contributed by atoms with Gasteiger partial charge in [-0.3, -0.25) is 0 Å². The number of hydrogen-bond donors (Lipinski definition) is 1. The Morgan fingerprint density at radius 1 is 1.32 bits per heavy atom. The maximum Gasteiger partial charge on any atom is 0.245 e. The molecule has 0 saturated carbocycles. The van der Waals surface area contributed by atoms with Crippen molar-refractivity contribution >= 4 is 47.6 Å². The number of nitrogens with two attached hydrogens (primary N) is 1. The number of ether oxygens (including phenoxy) is 1. The lowest BCUT2D eigenvalue weighted by molar-refractivity contribution is 0.180. The Morgan fingerprint density at radius 3 is 2.26 bits per heavy atom. The van der Waals surface area contributed by atoms with Gasteiger partial charge in [0.05, 0.1) is 6.61 Å². The van der Waals surface area contributed by atoms with Crippen LogP contribution in [0.5, 0.6) is 0 Å². The van der Waals surface area contributed by atoms with Gasteiger partial charge in [-0.1, -0.05) is 6.92 Å². The zero-order chi connectivity index (χ0) is 14.6. The first-order valence-corrected chi connectivity index (χ1v) is 8.60. The number of hydrogen-bond acceptors (Lipinski definition) is 4. The van der Waals surface area contributed by atoms with Crippen LogP contribution in [0.15, 0.2) is 26.0 Å². The van der Waals surface area contributed by atoms with E-state index in [2.05, 4.69) is 31.9 Å². The standard InChI is InChI=1S/C11H16Br2N2O3S/c1-3-15(4-5-18-2)19(16,17)11-9(12)6-8(14)7-10(11)13/h6-7H,3-5,14H2,1-2H3. The zero-order valence-electron chi connectivity index (χ0n) is 10.7. The van der Waals surface area contributed by atoms with Crippen molar-refractivity contribution in [3.05, 3.63) is 21.1 Å². The fourth-order valence-electron chi connectivity index (χ4n) is 1.60. The Labute approximate surface area is 130 Å². The largest absolute Gasteiger partial charge is 0.399 e. The molecular formula is C11H16Br2N2O3S. The van der Waals surface area contributed by atoms with E-state index in [4.69, 9.17) is 10.5 Å². The van der Waals surface area contributed by atoms with Crippen LogP contribution in [0.2, 0.25) is 0 Å². The molecule has 108 valence electrons. The minimum atomic E-state index is -3.60. The summed E-state index contributed by atoms with van der Waals surface area (Å²) >= 11 is 6.50. The van der Waals surface area contributed by atoms with Gasteiger partial charge in [0.2, 0.25) is 10.0 Å². The summed E-state index contributed by atoms with van der Waals surface area (Å²) in [5, 5.41) is 0. The van der Waals surface area contributed by atoms with Gasteiger partial charge in [0.1, 0.15) is 4.90 Å². The van der Waals surface area contributed by atoms with Crippen LogP contribution in [0.4, 0.5) is 5.69 Å². The second-order valence-corrected chi connectivity index (χ2v) is 7.39. The highest BCUT2D eigenvalue weighted by Crippen LogP contribution is 2.34. The molecule has 0 saturated heterocycles. The number of benzene rings is 1. The molecule has 0 amide bonds. The minimum absolute atomic E-state index is 0.180. The summed E-state index contributed by atoms with van der Waals surface area (Å²) < 4.78 is 32.4. The molecule has 19 heavy (non-hydrogen) atoms. The van der Waals surface area contributed by atoms with Gasteiger partial charge >= 0.3 is 0 Å². The molecule has 0 atom stereocenters. The molecule has 0 aliphatic heterocycles. The fraction of sp³-hybridized carbons (Fsp3) is 0.455. The van der Waals surface area contributed by atoms with E-state index in [0.29, 0.717) is 34.3 Å². The van der Waals surface area contributed by atoms with Crippen LogP contribution in [0.25, 0.3) is 0 Å². The third-order valence-electron chi connectivity index (χ3n) is 2.52. The maximum absolute atomic E-state index is 12.6. The SMILES string of the molecule is CCN(CCOC)S(=O)(=O)c1c(Br)cc(N)cc1Br. The van der Waals surface area contributed by atoms with E-state index >= 15 is 0 Å². The first-order valence-electron chi connectivity index (χ1n) is 5.58. The molecule has 0 aliphatic carbocycles. The normalized spacial score (nSPS) is 12.1. The Balaban J connectivity index is 3.26. The number of nitrogens with zero attached hydrogens (tertiary/aromatic N) is 1. The highest BCUT2D eigenvalue weighted by molar-refractivity contribution is 9.11. The molecule has 1 rings (SSSR count). The quantitative estimate of drug-likeness (QED) is 0.724. The molecule has 1 aromatic rings. The second kappa shape index (κ2) is 7.03. The van der Waals surface area contributed by atoms with E-state index in [1.54, 1.807) is 19.1 Å². The molecule has 0 radical (unpaired) electrons. The molecule has 0 aliphatic rings. The van der Waals surface area contributed by atoms with Gasteiger partial charge in [-0.05, 0) is 44.0 Å². The predicted molar refractivity (Wildman–Crippen MR) is 82.6 cm³/mol. The second-order valence-electron chi connectivity index (χ2n) is 3.80. The monoisotopic (exact) mass is 414 g/mol. The lowest BCUT2D eigenvalue weighted by Crippen LogP contribution is -2.34. The number of likely N-dealkylation sites (N-methyl/N-ethyl adjacent to an activating group) is 1. The van der Waals surface area contributed by atoms with E-state index in [1.165, 1.54) is 11.4 Å². The summed E-state index contributed by atoms with van der Waals surface area (Å²) in [4.78, 5) is 0.180.